The van der Waals surface area contributed by atoms with E-state index in [1.165, 1.54) is 12.1 Å². The zero-order chi connectivity index (χ0) is 15.4. The highest BCUT2D eigenvalue weighted by atomic mass is 16.6. The van der Waals surface area contributed by atoms with Gasteiger partial charge in [0.15, 0.2) is 0 Å². The van der Waals surface area contributed by atoms with Crippen molar-refractivity contribution >= 4 is 5.69 Å². The van der Waals surface area contributed by atoms with Crippen LogP contribution in [0.2, 0.25) is 0 Å². The number of aromatic hydroxyl groups is 1. The van der Waals surface area contributed by atoms with Crippen LogP contribution in [-0.2, 0) is 13.0 Å². The Labute approximate surface area is 123 Å². The minimum Gasteiger partial charge on any atom is -0.508 e. The summed E-state index contributed by atoms with van der Waals surface area (Å²) in [6.45, 7) is 3.90. The van der Waals surface area contributed by atoms with Gasteiger partial charge in [0.05, 0.1) is 10.5 Å². The highest BCUT2D eigenvalue weighted by Gasteiger charge is 2.17. The Hall–Kier alpha value is -2.56. The smallest absolute Gasteiger partial charge is 0.276 e. The van der Waals surface area contributed by atoms with Crippen LogP contribution >= 0.6 is 0 Å². The number of hydrogen-bond donors (Lipinski definition) is 1. The largest absolute Gasteiger partial charge is 0.508 e. The number of benzene rings is 2. The molecule has 0 atom stereocenters. The average molecular weight is 287 g/mol. The predicted molar refractivity (Wildman–Crippen MR) is 79.7 cm³/mol. The molecular weight excluding hydrogens is 270 g/mol. The van der Waals surface area contributed by atoms with Gasteiger partial charge in [-0.1, -0.05) is 19.1 Å². The van der Waals surface area contributed by atoms with Crippen molar-refractivity contribution in [1.82, 2.24) is 0 Å². The van der Waals surface area contributed by atoms with Crippen LogP contribution in [0.25, 0.3) is 0 Å². The molecule has 110 valence electrons. The minimum atomic E-state index is -0.387. The van der Waals surface area contributed by atoms with E-state index in [1.807, 2.05) is 19.9 Å². The number of phenols is 1. The maximum Gasteiger partial charge on any atom is 0.276 e. The predicted octanol–water partition coefficient (Wildman–Crippen LogP) is 3.75. The second-order valence-electron chi connectivity index (χ2n) is 4.76. The average Bonchev–Trinajstić information content (AvgIpc) is 2.45. The number of hydrogen-bond acceptors (Lipinski definition) is 4. The van der Waals surface area contributed by atoms with Crippen molar-refractivity contribution in [3.8, 4) is 11.5 Å². The first-order chi connectivity index (χ1) is 10.0. The van der Waals surface area contributed by atoms with Crippen molar-refractivity contribution in [2.75, 3.05) is 0 Å². The molecule has 0 radical (unpaired) electrons. The van der Waals surface area contributed by atoms with Crippen molar-refractivity contribution < 1.29 is 14.8 Å². The highest BCUT2D eigenvalue weighted by molar-refractivity contribution is 5.46. The van der Waals surface area contributed by atoms with Crippen molar-refractivity contribution in [1.29, 1.82) is 0 Å². The summed E-state index contributed by atoms with van der Waals surface area (Å²) >= 11 is 0. The first kappa shape index (κ1) is 14.8. The summed E-state index contributed by atoms with van der Waals surface area (Å²) in [7, 11) is 0. The van der Waals surface area contributed by atoms with Crippen molar-refractivity contribution in [2.24, 2.45) is 0 Å². The number of ether oxygens (including phenoxy) is 1. The van der Waals surface area contributed by atoms with Crippen LogP contribution in [0.15, 0.2) is 36.4 Å². The zero-order valence-corrected chi connectivity index (χ0v) is 12.0. The fourth-order valence-corrected chi connectivity index (χ4v) is 2.24. The lowest BCUT2D eigenvalue weighted by molar-refractivity contribution is -0.385. The molecular formula is C16H17NO4. The maximum absolute atomic E-state index is 11.1. The van der Waals surface area contributed by atoms with Gasteiger partial charge in [0.1, 0.15) is 18.1 Å². The summed E-state index contributed by atoms with van der Waals surface area (Å²) in [5.74, 6) is 0.771. The summed E-state index contributed by atoms with van der Waals surface area (Å²) in [5, 5.41) is 20.5. The van der Waals surface area contributed by atoms with Crippen molar-refractivity contribution in [3.63, 3.8) is 0 Å². The van der Waals surface area contributed by atoms with E-state index in [4.69, 9.17) is 4.74 Å². The Kier molecular flexibility index (Phi) is 4.42. The molecule has 0 aliphatic heterocycles. The molecule has 0 aliphatic carbocycles. The lowest BCUT2D eigenvalue weighted by Gasteiger charge is -2.12. The normalized spacial score (nSPS) is 10.4. The summed E-state index contributed by atoms with van der Waals surface area (Å²) in [5.41, 5.74) is 2.36. The van der Waals surface area contributed by atoms with Gasteiger partial charge in [-0.3, -0.25) is 10.1 Å². The van der Waals surface area contributed by atoms with Gasteiger partial charge in [-0.25, -0.2) is 0 Å². The van der Waals surface area contributed by atoms with Crippen LogP contribution in [0, 0.1) is 17.0 Å². The van der Waals surface area contributed by atoms with Gasteiger partial charge in [0.2, 0.25) is 0 Å². The van der Waals surface area contributed by atoms with E-state index in [9.17, 15) is 15.2 Å². The molecule has 2 aromatic carbocycles. The van der Waals surface area contributed by atoms with E-state index in [0.717, 1.165) is 11.1 Å². The monoisotopic (exact) mass is 287 g/mol. The Bertz CT molecular complexity index is 667. The SMILES string of the molecule is CCc1cccc([N+](=O)[O-])c1COc1ccc(O)cc1C. The molecule has 0 aromatic heterocycles. The van der Waals surface area contributed by atoms with Gasteiger partial charge in [-0.05, 0) is 42.7 Å². The first-order valence-corrected chi connectivity index (χ1v) is 6.70. The van der Waals surface area contributed by atoms with Crippen LogP contribution in [0.4, 0.5) is 5.69 Å². The lowest BCUT2D eigenvalue weighted by Crippen LogP contribution is -2.05. The zero-order valence-electron chi connectivity index (χ0n) is 12.0. The number of nitro groups is 1. The molecule has 0 saturated carbocycles. The lowest BCUT2D eigenvalue weighted by atomic mass is 10.0. The molecule has 2 aromatic rings. The molecule has 0 heterocycles. The number of rotatable bonds is 5. The summed E-state index contributed by atoms with van der Waals surface area (Å²) in [6.07, 6.45) is 0.703. The number of aryl methyl sites for hydroxylation is 2. The van der Waals surface area contributed by atoms with E-state index in [2.05, 4.69) is 0 Å². The van der Waals surface area contributed by atoms with Crippen LogP contribution in [0.5, 0.6) is 11.5 Å². The Morgan fingerprint density at radius 3 is 2.67 bits per heavy atom. The molecule has 0 spiro atoms. The molecule has 21 heavy (non-hydrogen) atoms. The quantitative estimate of drug-likeness (QED) is 0.671. The van der Waals surface area contributed by atoms with Crippen LogP contribution in [0.3, 0.4) is 0 Å². The molecule has 5 nitrogen and oxygen atoms in total. The summed E-state index contributed by atoms with van der Waals surface area (Å²) in [6, 6.07) is 9.83. The van der Waals surface area contributed by atoms with Crippen molar-refractivity contribution in [3.05, 3.63) is 63.2 Å². The third kappa shape index (κ3) is 3.31. The molecule has 0 aliphatic rings. The van der Waals surface area contributed by atoms with Crippen molar-refractivity contribution in [2.45, 2.75) is 26.9 Å². The minimum absolute atomic E-state index is 0.0748. The topological polar surface area (TPSA) is 72.6 Å². The van der Waals surface area contributed by atoms with Crippen LogP contribution in [0.1, 0.15) is 23.6 Å². The Morgan fingerprint density at radius 2 is 2.05 bits per heavy atom. The summed E-state index contributed by atoms with van der Waals surface area (Å²) < 4.78 is 5.70. The number of nitrogens with zero attached hydrogens (tertiary/aromatic N) is 1. The molecule has 0 bridgehead atoms. The molecule has 0 amide bonds. The van der Waals surface area contributed by atoms with Gasteiger partial charge in [-0.15, -0.1) is 0 Å². The van der Waals surface area contributed by atoms with E-state index in [1.54, 1.807) is 18.2 Å². The van der Waals surface area contributed by atoms with Gasteiger partial charge in [0.25, 0.3) is 5.69 Å². The van der Waals surface area contributed by atoms with Gasteiger partial charge in [-0.2, -0.15) is 0 Å². The van der Waals surface area contributed by atoms with E-state index in [0.29, 0.717) is 17.7 Å². The molecule has 5 heteroatoms. The molecule has 2 rings (SSSR count). The molecule has 1 N–H and O–H groups in total. The fourth-order valence-electron chi connectivity index (χ4n) is 2.24. The van der Waals surface area contributed by atoms with Crippen LogP contribution < -0.4 is 4.74 Å². The fraction of sp³-hybridized carbons (Fsp3) is 0.250. The Morgan fingerprint density at radius 1 is 1.29 bits per heavy atom. The standard InChI is InChI=1S/C16H17NO4/c1-3-12-5-4-6-15(17(19)20)14(12)10-21-16-8-7-13(18)9-11(16)2/h4-9,18H,3,10H2,1-2H3. The second kappa shape index (κ2) is 6.26. The Balaban J connectivity index is 2.28. The van der Waals surface area contributed by atoms with Gasteiger partial charge >= 0.3 is 0 Å². The van der Waals surface area contributed by atoms with E-state index < -0.39 is 0 Å². The first-order valence-electron chi connectivity index (χ1n) is 6.70. The molecule has 0 fully saturated rings. The maximum atomic E-state index is 11.1. The third-order valence-corrected chi connectivity index (χ3v) is 3.36. The highest BCUT2D eigenvalue weighted by Crippen LogP contribution is 2.27. The van der Waals surface area contributed by atoms with E-state index >= 15 is 0 Å². The third-order valence-electron chi connectivity index (χ3n) is 3.36. The van der Waals surface area contributed by atoms with Crippen LogP contribution in [-0.4, -0.2) is 10.0 Å². The molecule has 0 saturated heterocycles. The number of nitro benzene ring substituents is 1. The van der Waals surface area contributed by atoms with Gasteiger partial charge < -0.3 is 9.84 Å². The van der Waals surface area contributed by atoms with Gasteiger partial charge in [0, 0.05) is 6.07 Å². The number of phenolic OH excluding ortho intramolecular Hbond substituents is 1. The molecule has 0 unspecified atom stereocenters. The second-order valence-corrected chi connectivity index (χ2v) is 4.76. The van der Waals surface area contributed by atoms with E-state index in [-0.39, 0.29) is 23.0 Å². The summed E-state index contributed by atoms with van der Waals surface area (Å²) in [4.78, 5) is 10.7.